The van der Waals surface area contributed by atoms with Crippen LogP contribution in [-0.4, -0.2) is 25.6 Å². The summed E-state index contributed by atoms with van der Waals surface area (Å²) in [6.07, 6.45) is -0.0937. The van der Waals surface area contributed by atoms with E-state index in [-0.39, 0.29) is 17.9 Å². The molecular weight excluding hydrogens is 436 g/mol. The maximum atomic E-state index is 14.0. The molecule has 1 aliphatic rings. The van der Waals surface area contributed by atoms with Crippen LogP contribution in [0, 0.1) is 6.92 Å². The number of carbonyl (C=O) groups is 1. The predicted octanol–water partition coefficient (Wildman–Crippen LogP) is 5.14. The maximum Gasteiger partial charge on any atom is 0.308 e. The molecule has 1 atom stereocenters. The van der Waals surface area contributed by atoms with Gasteiger partial charge in [-0.3, -0.25) is 9.10 Å². The van der Waals surface area contributed by atoms with Crippen molar-refractivity contribution >= 4 is 32.6 Å². The second-order valence-corrected chi connectivity index (χ2v) is 9.91. The summed E-state index contributed by atoms with van der Waals surface area (Å²) in [5, 5.41) is 0.978. The average molecular weight is 461 g/mol. The van der Waals surface area contributed by atoms with Gasteiger partial charge in [0.2, 0.25) is 0 Å². The van der Waals surface area contributed by atoms with Crippen LogP contribution in [0.25, 0.3) is 16.6 Å². The van der Waals surface area contributed by atoms with Crippen LogP contribution in [0.3, 0.4) is 0 Å². The van der Waals surface area contributed by atoms with E-state index in [9.17, 15) is 13.2 Å². The number of hydrogen-bond donors (Lipinski definition) is 0. The first-order valence-electron chi connectivity index (χ1n) is 10.9. The topological polar surface area (TPSA) is 68.6 Å². The highest BCUT2D eigenvalue weighted by molar-refractivity contribution is 7.92. The number of ether oxygens (including phenoxy) is 1. The zero-order valence-corrected chi connectivity index (χ0v) is 19.2. The normalized spacial score (nSPS) is 15.2. The highest BCUT2D eigenvalue weighted by Gasteiger charge is 2.41. The van der Waals surface area contributed by atoms with E-state index in [0.717, 1.165) is 27.8 Å². The molecule has 0 N–H and O–H groups in total. The van der Waals surface area contributed by atoms with Crippen LogP contribution >= 0.6 is 0 Å². The summed E-state index contributed by atoms with van der Waals surface area (Å²) in [7, 11) is -3.97. The number of anilines is 1. The Labute approximate surface area is 193 Å². The fraction of sp³-hybridized carbons (Fsp3) is 0.192. The van der Waals surface area contributed by atoms with Gasteiger partial charge in [-0.05, 0) is 50.2 Å². The molecule has 1 aliphatic heterocycles. The molecule has 0 saturated heterocycles. The second kappa shape index (κ2) is 8.08. The van der Waals surface area contributed by atoms with Gasteiger partial charge < -0.3 is 9.30 Å². The molecule has 0 radical (unpaired) electrons. The fourth-order valence-electron chi connectivity index (χ4n) is 4.50. The lowest BCUT2D eigenvalue weighted by Gasteiger charge is -2.38. The Bertz CT molecular complexity index is 1460. The van der Waals surface area contributed by atoms with E-state index in [1.54, 1.807) is 37.3 Å². The molecule has 0 bridgehead atoms. The van der Waals surface area contributed by atoms with E-state index in [1.165, 1.54) is 4.31 Å². The number of fused-ring (bicyclic) bond motifs is 5. The summed E-state index contributed by atoms with van der Waals surface area (Å²) in [5.74, 6) is -0.442. The molecule has 2 heterocycles. The molecule has 0 aliphatic carbocycles. The van der Waals surface area contributed by atoms with E-state index < -0.39 is 22.0 Å². The first-order chi connectivity index (χ1) is 15.9. The molecule has 3 aromatic carbocycles. The van der Waals surface area contributed by atoms with Crippen LogP contribution in [-0.2, 0) is 19.6 Å². The zero-order chi connectivity index (χ0) is 23.2. The molecule has 4 aromatic rings. The molecule has 33 heavy (non-hydrogen) atoms. The summed E-state index contributed by atoms with van der Waals surface area (Å²) in [5.41, 5.74) is 3.95. The van der Waals surface area contributed by atoms with Gasteiger partial charge in [0.25, 0.3) is 10.0 Å². The Kier molecular flexibility index (Phi) is 5.21. The third-order valence-electron chi connectivity index (χ3n) is 5.97. The van der Waals surface area contributed by atoms with Gasteiger partial charge >= 0.3 is 5.97 Å². The minimum Gasteiger partial charge on any atom is -0.466 e. The third-order valence-corrected chi connectivity index (χ3v) is 7.80. The number of benzene rings is 3. The average Bonchev–Trinajstić information content (AvgIpc) is 3.19. The van der Waals surface area contributed by atoms with Gasteiger partial charge in [0.05, 0.1) is 40.9 Å². The van der Waals surface area contributed by atoms with E-state index in [1.807, 2.05) is 55.5 Å². The highest BCUT2D eigenvalue weighted by Crippen LogP contribution is 2.46. The minimum absolute atomic E-state index is 0.0937. The third kappa shape index (κ3) is 3.49. The number of hydrogen-bond acceptors (Lipinski definition) is 4. The highest BCUT2D eigenvalue weighted by atomic mass is 32.2. The molecule has 0 unspecified atom stereocenters. The van der Waals surface area contributed by atoms with E-state index >= 15 is 0 Å². The van der Waals surface area contributed by atoms with Gasteiger partial charge in [0.1, 0.15) is 0 Å². The van der Waals surface area contributed by atoms with Crippen LogP contribution in [0.4, 0.5) is 5.69 Å². The van der Waals surface area contributed by atoms with Crippen LogP contribution in [0.1, 0.15) is 30.6 Å². The fourth-order valence-corrected chi connectivity index (χ4v) is 6.14. The van der Waals surface area contributed by atoms with Crippen molar-refractivity contribution < 1.29 is 17.9 Å². The number of nitrogens with zero attached hydrogens (tertiary/aromatic N) is 2. The van der Waals surface area contributed by atoms with Gasteiger partial charge in [0, 0.05) is 11.1 Å². The van der Waals surface area contributed by atoms with Crippen molar-refractivity contribution in [2.45, 2.75) is 31.2 Å². The number of sulfonamides is 1. The molecule has 0 spiro atoms. The van der Waals surface area contributed by atoms with Crippen LogP contribution < -0.4 is 4.31 Å². The lowest BCUT2D eigenvalue weighted by molar-refractivity contribution is -0.143. The van der Waals surface area contributed by atoms with Gasteiger partial charge in [-0.15, -0.1) is 0 Å². The largest absolute Gasteiger partial charge is 0.466 e. The molecule has 0 saturated carbocycles. The number of esters is 1. The molecule has 5 rings (SSSR count). The van der Waals surface area contributed by atoms with Crippen LogP contribution in [0.15, 0.2) is 83.8 Å². The Morgan fingerprint density at radius 1 is 0.939 bits per heavy atom. The number of carbonyl (C=O) groups excluding carboxylic acids is 1. The zero-order valence-electron chi connectivity index (χ0n) is 18.4. The summed E-state index contributed by atoms with van der Waals surface area (Å²) in [6, 6.07) is 23.3. The van der Waals surface area contributed by atoms with E-state index in [4.69, 9.17) is 4.74 Å². The number of para-hydroxylation sites is 3. The van der Waals surface area contributed by atoms with Crippen LogP contribution in [0.2, 0.25) is 0 Å². The van der Waals surface area contributed by atoms with Crippen molar-refractivity contribution in [1.29, 1.82) is 0 Å². The smallest absolute Gasteiger partial charge is 0.308 e. The predicted molar refractivity (Wildman–Crippen MR) is 128 cm³/mol. The molecule has 7 heteroatoms. The Morgan fingerprint density at radius 2 is 1.61 bits per heavy atom. The molecule has 6 nitrogen and oxygen atoms in total. The molecule has 168 valence electrons. The maximum absolute atomic E-state index is 14.0. The van der Waals surface area contributed by atoms with Gasteiger partial charge in [0.15, 0.2) is 0 Å². The molecular formula is C26H24N2O4S. The van der Waals surface area contributed by atoms with Gasteiger partial charge in [-0.2, -0.15) is 0 Å². The van der Waals surface area contributed by atoms with E-state index in [2.05, 4.69) is 4.57 Å². The van der Waals surface area contributed by atoms with Crippen molar-refractivity contribution in [3.05, 3.63) is 90.1 Å². The minimum atomic E-state index is -3.97. The Balaban J connectivity index is 1.78. The summed E-state index contributed by atoms with van der Waals surface area (Å²) in [4.78, 5) is 12.8. The van der Waals surface area contributed by atoms with Gasteiger partial charge in [-0.1, -0.05) is 48.0 Å². The molecule has 0 fully saturated rings. The molecule has 1 aromatic heterocycles. The first-order valence-corrected chi connectivity index (χ1v) is 12.3. The lowest BCUT2D eigenvalue weighted by Crippen LogP contribution is -2.40. The van der Waals surface area contributed by atoms with Gasteiger partial charge in [-0.25, -0.2) is 8.42 Å². The SMILES string of the molecule is CCOC(=O)C[C@@H]1c2cc3ccccc3n2-c2ccccc2N1S(=O)(=O)c1ccc(C)cc1. The number of aryl methyl sites for hydroxylation is 1. The van der Waals surface area contributed by atoms with E-state index in [0.29, 0.717) is 5.69 Å². The van der Waals surface area contributed by atoms with Crippen LogP contribution in [0.5, 0.6) is 0 Å². The van der Waals surface area contributed by atoms with Crippen molar-refractivity contribution in [3.63, 3.8) is 0 Å². The standard InChI is InChI=1S/C26H24N2O4S/c1-3-32-26(29)17-25-24-16-19-8-4-5-9-21(19)27(24)22-10-6-7-11-23(22)28(25)33(30,31)20-14-12-18(2)13-15-20/h4-16,25H,3,17H2,1-2H3/t25-/m1/s1. The first kappa shape index (κ1) is 21.3. The lowest BCUT2D eigenvalue weighted by atomic mass is 10.1. The Hall–Kier alpha value is -3.58. The molecule has 0 amide bonds. The van der Waals surface area contributed by atoms with Crippen molar-refractivity contribution in [1.82, 2.24) is 4.57 Å². The summed E-state index contributed by atoms with van der Waals surface area (Å²) < 4.78 is 36.7. The summed E-state index contributed by atoms with van der Waals surface area (Å²) in [6.45, 7) is 3.89. The van der Waals surface area contributed by atoms with Crippen molar-refractivity contribution in [3.8, 4) is 5.69 Å². The number of rotatable bonds is 5. The number of aromatic nitrogens is 1. The second-order valence-electron chi connectivity index (χ2n) is 8.09. The van der Waals surface area contributed by atoms with Crippen molar-refractivity contribution in [2.75, 3.05) is 10.9 Å². The summed E-state index contributed by atoms with van der Waals surface area (Å²) >= 11 is 0. The monoisotopic (exact) mass is 460 g/mol. The van der Waals surface area contributed by atoms with Crippen molar-refractivity contribution in [2.24, 2.45) is 0 Å². The Morgan fingerprint density at radius 3 is 2.33 bits per heavy atom. The quantitative estimate of drug-likeness (QED) is 0.387.